The number of carbonyl (C=O) groups excluding carboxylic acids is 5. The minimum absolute atomic E-state index is 0.0335. The minimum atomic E-state index is -1.74. The maximum atomic E-state index is 14.6. The molecule has 2 aliphatic carbocycles. The normalized spacial score (nSPS) is 22.4. The van der Waals surface area contributed by atoms with Crippen LogP contribution in [0.1, 0.15) is 73.7 Å². The number of esters is 2. The van der Waals surface area contributed by atoms with Gasteiger partial charge in [0.25, 0.3) is 0 Å². The predicted octanol–water partition coefficient (Wildman–Crippen LogP) is 4.39. The highest BCUT2D eigenvalue weighted by atomic mass is 16.5. The smallest absolute Gasteiger partial charge is 0.338 e. The second-order valence-electron chi connectivity index (χ2n) is 11.1. The number of phenolic OH excluding ortho intramolecular Hbond substituents is 1. The number of ether oxygens (including phenoxy) is 5. The summed E-state index contributed by atoms with van der Waals surface area (Å²) in [5, 5.41) is 11.0. The highest BCUT2D eigenvalue weighted by Crippen LogP contribution is 2.54. The van der Waals surface area contributed by atoms with Crippen LogP contribution in [-0.2, 0) is 25.4 Å². The second kappa shape index (κ2) is 11.3. The lowest BCUT2D eigenvalue weighted by Crippen LogP contribution is -2.53. The van der Waals surface area contributed by atoms with Gasteiger partial charge in [0.1, 0.15) is 23.0 Å². The molecule has 44 heavy (non-hydrogen) atoms. The summed E-state index contributed by atoms with van der Waals surface area (Å²) in [4.78, 5) is 69.2. The zero-order valence-corrected chi connectivity index (χ0v) is 25.2. The fraction of sp³-hybridized carbons (Fsp3) is 0.364. The molecular weight excluding hydrogens is 572 g/mol. The Hall–Kier alpha value is -4.93. The first-order valence-corrected chi connectivity index (χ1v) is 13.9. The summed E-state index contributed by atoms with van der Waals surface area (Å²) in [5.74, 6) is -4.69. The van der Waals surface area contributed by atoms with Crippen molar-refractivity contribution in [3.8, 4) is 17.2 Å². The number of carbonyl (C=O) groups is 5. The lowest BCUT2D eigenvalue weighted by Gasteiger charge is -2.46. The van der Waals surface area contributed by atoms with E-state index in [0.717, 1.165) is 7.11 Å². The Morgan fingerprint density at radius 1 is 0.886 bits per heavy atom. The lowest BCUT2D eigenvalue weighted by atomic mass is 9.54. The molecule has 1 N–H and O–H groups in total. The third-order valence-electron chi connectivity index (χ3n) is 8.75. The minimum Gasteiger partial charge on any atom is -0.507 e. The molecule has 230 valence electrons. The standard InChI is InChI=1S/C33H32O11/c1-15-9-20-23(28(35)27-22(32(39)43-6)12-19(41-4)13-24(27)34)14-33(29(36)25(20)16(2)44-15)8-7-17-10-18(40-3)11-21(31(38)42-5)26(17)30(33)37/h9-13,20,23,34H,7-8,14H2,1-6H3. The van der Waals surface area contributed by atoms with E-state index < -0.39 is 52.3 Å². The van der Waals surface area contributed by atoms with Crippen LogP contribution in [0.15, 0.2) is 47.4 Å². The van der Waals surface area contributed by atoms with E-state index in [1.54, 1.807) is 26.0 Å². The number of hydrogen-bond acceptors (Lipinski definition) is 11. The first kappa shape index (κ1) is 30.5. The second-order valence-corrected chi connectivity index (χ2v) is 11.1. The molecule has 3 unspecified atom stereocenters. The Morgan fingerprint density at radius 2 is 1.50 bits per heavy atom. The number of allylic oxidation sites excluding steroid dienone is 4. The maximum Gasteiger partial charge on any atom is 0.338 e. The molecule has 0 radical (unpaired) electrons. The van der Waals surface area contributed by atoms with Gasteiger partial charge in [-0.05, 0) is 62.9 Å². The van der Waals surface area contributed by atoms with E-state index >= 15 is 0 Å². The van der Waals surface area contributed by atoms with Crippen LogP contribution in [0.2, 0.25) is 0 Å². The maximum absolute atomic E-state index is 14.6. The van der Waals surface area contributed by atoms with Gasteiger partial charge >= 0.3 is 11.9 Å². The van der Waals surface area contributed by atoms with Crippen molar-refractivity contribution in [2.75, 3.05) is 28.4 Å². The van der Waals surface area contributed by atoms with Gasteiger partial charge in [-0.2, -0.15) is 0 Å². The first-order chi connectivity index (χ1) is 20.9. The zero-order chi connectivity index (χ0) is 32.1. The van der Waals surface area contributed by atoms with Gasteiger partial charge in [0, 0.05) is 29.0 Å². The number of aromatic hydroxyl groups is 1. The molecule has 3 atom stereocenters. The molecule has 1 spiro atoms. The van der Waals surface area contributed by atoms with Crippen molar-refractivity contribution in [1.82, 2.24) is 0 Å². The first-order valence-electron chi connectivity index (χ1n) is 13.9. The third kappa shape index (κ3) is 4.63. The highest BCUT2D eigenvalue weighted by molar-refractivity contribution is 6.25. The summed E-state index contributed by atoms with van der Waals surface area (Å²) >= 11 is 0. The highest BCUT2D eigenvalue weighted by Gasteiger charge is 2.59. The Balaban J connectivity index is 1.72. The Bertz CT molecular complexity index is 1700. The Morgan fingerprint density at radius 3 is 2.14 bits per heavy atom. The van der Waals surface area contributed by atoms with Crippen LogP contribution in [0.4, 0.5) is 0 Å². The van der Waals surface area contributed by atoms with Crippen molar-refractivity contribution < 1.29 is 52.8 Å². The van der Waals surface area contributed by atoms with E-state index in [-0.39, 0.29) is 58.6 Å². The number of benzene rings is 2. The fourth-order valence-electron chi connectivity index (χ4n) is 6.71. The van der Waals surface area contributed by atoms with Crippen molar-refractivity contribution in [2.24, 2.45) is 17.3 Å². The molecule has 1 aliphatic heterocycles. The van der Waals surface area contributed by atoms with Gasteiger partial charge in [0.2, 0.25) is 0 Å². The summed E-state index contributed by atoms with van der Waals surface area (Å²) in [6.07, 6.45) is 1.66. The largest absolute Gasteiger partial charge is 0.507 e. The van der Waals surface area contributed by atoms with Crippen molar-refractivity contribution in [3.63, 3.8) is 0 Å². The molecule has 0 bridgehead atoms. The van der Waals surface area contributed by atoms with Crippen molar-refractivity contribution >= 4 is 29.3 Å². The number of rotatable bonds is 6. The van der Waals surface area contributed by atoms with Gasteiger partial charge in [-0.15, -0.1) is 0 Å². The summed E-state index contributed by atoms with van der Waals surface area (Å²) in [5.41, 5.74) is -1.63. The topological polar surface area (TPSA) is 152 Å². The number of ketones is 3. The molecule has 1 fully saturated rings. The monoisotopic (exact) mass is 604 g/mol. The van der Waals surface area contributed by atoms with Gasteiger partial charge in [-0.3, -0.25) is 14.4 Å². The molecule has 5 rings (SSSR count). The van der Waals surface area contributed by atoms with Crippen molar-refractivity contribution in [1.29, 1.82) is 0 Å². The van der Waals surface area contributed by atoms with Gasteiger partial charge in [0.15, 0.2) is 17.3 Å². The summed E-state index contributed by atoms with van der Waals surface area (Å²) in [6.45, 7) is 3.27. The fourth-order valence-corrected chi connectivity index (χ4v) is 6.71. The molecule has 11 heteroatoms. The summed E-state index contributed by atoms with van der Waals surface area (Å²) < 4.78 is 26.2. The zero-order valence-electron chi connectivity index (χ0n) is 25.2. The van der Waals surface area contributed by atoms with Gasteiger partial charge in [-0.1, -0.05) is 0 Å². The molecule has 1 heterocycles. The van der Waals surface area contributed by atoms with Crippen molar-refractivity contribution in [3.05, 3.63) is 75.3 Å². The SMILES string of the molecule is COC(=O)c1cc(OC)cc(O)c1C(=O)C1CC2(CCc3cc(OC)cc(C(=O)OC)c3C2=O)C(=O)C2=C(C)OC(C)=CC21. The number of Topliss-reactive ketones (excluding diaryl/α,β-unsaturated/α-hetero) is 3. The van der Waals surface area contributed by atoms with Gasteiger partial charge in [0.05, 0.1) is 56.3 Å². The van der Waals surface area contributed by atoms with E-state index in [9.17, 15) is 29.1 Å². The Labute approximate surface area is 253 Å². The van der Waals surface area contributed by atoms with Crippen LogP contribution >= 0.6 is 0 Å². The molecule has 0 amide bonds. The molecule has 2 aromatic carbocycles. The van der Waals surface area contributed by atoms with Gasteiger partial charge < -0.3 is 28.8 Å². The van der Waals surface area contributed by atoms with Gasteiger partial charge in [-0.25, -0.2) is 9.59 Å². The van der Waals surface area contributed by atoms with Crippen LogP contribution < -0.4 is 9.47 Å². The number of aryl methyl sites for hydroxylation is 1. The third-order valence-corrected chi connectivity index (χ3v) is 8.75. The molecule has 2 aromatic rings. The average Bonchev–Trinajstić information content (AvgIpc) is 3.01. The van der Waals surface area contributed by atoms with Crippen LogP contribution in [0.3, 0.4) is 0 Å². The lowest BCUT2D eigenvalue weighted by molar-refractivity contribution is -0.126. The number of fused-ring (bicyclic) bond motifs is 2. The van der Waals surface area contributed by atoms with Crippen LogP contribution in [0.5, 0.6) is 17.2 Å². The predicted molar refractivity (Wildman–Crippen MR) is 154 cm³/mol. The van der Waals surface area contributed by atoms with Crippen LogP contribution in [-0.4, -0.2) is 62.8 Å². The molecule has 3 aliphatic rings. The molecule has 11 nitrogen and oxygen atoms in total. The summed E-state index contributed by atoms with van der Waals surface area (Å²) in [6, 6.07) is 5.52. The van der Waals surface area contributed by atoms with E-state index in [0.29, 0.717) is 17.1 Å². The molecule has 0 aromatic heterocycles. The van der Waals surface area contributed by atoms with Crippen molar-refractivity contribution in [2.45, 2.75) is 33.1 Å². The Kier molecular flexibility index (Phi) is 7.83. The molecule has 1 saturated carbocycles. The van der Waals surface area contributed by atoms with Crippen LogP contribution in [0, 0.1) is 17.3 Å². The molecular formula is C33H32O11. The average molecular weight is 605 g/mol. The van der Waals surface area contributed by atoms with E-state index in [2.05, 4.69) is 0 Å². The number of methoxy groups -OCH3 is 4. The number of hydrogen-bond donors (Lipinski definition) is 1. The number of phenols is 1. The van der Waals surface area contributed by atoms with E-state index in [4.69, 9.17) is 23.7 Å². The molecule has 0 saturated heterocycles. The summed E-state index contributed by atoms with van der Waals surface area (Å²) in [7, 11) is 5.10. The van der Waals surface area contributed by atoms with E-state index in [1.165, 1.54) is 39.5 Å². The van der Waals surface area contributed by atoms with E-state index in [1.807, 2.05) is 0 Å². The quantitative estimate of drug-likeness (QED) is 0.284. The van der Waals surface area contributed by atoms with Crippen LogP contribution in [0.25, 0.3) is 0 Å².